The maximum Gasteiger partial charge on any atom is 0.119 e. The van der Waals surface area contributed by atoms with Gasteiger partial charge in [-0.3, -0.25) is 0 Å². The molecule has 0 amide bonds. The second kappa shape index (κ2) is 11.3. The lowest BCUT2D eigenvalue weighted by Gasteiger charge is -2.09. The molecule has 2 aromatic carbocycles. The van der Waals surface area contributed by atoms with Gasteiger partial charge in [-0.1, -0.05) is 30.2 Å². The van der Waals surface area contributed by atoms with Crippen molar-refractivity contribution in [2.75, 3.05) is 46.8 Å². The van der Waals surface area contributed by atoms with Crippen molar-refractivity contribution in [1.82, 2.24) is 0 Å². The first-order chi connectivity index (χ1) is 12.3. The summed E-state index contributed by atoms with van der Waals surface area (Å²) in [5, 5.41) is 0. The fraction of sp³-hybridized carbons (Fsp3) is 0.333. The van der Waals surface area contributed by atoms with Crippen LogP contribution in [0.4, 0.5) is 0 Å². The SMILES string of the molecule is C#Cc1ccc(-c2ccc(OCCOCCOCCOC)cc2)cc1. The molecule has 0 heterocycles. The lowest BCUT2D eigenvalue weighted by molar-refractivity contribution is 0.0180. The smallest absolute Gasteiger partial charge is 0.119 e. The molecule has 0 atom stereocenters. The number of ether oxygens (including phenoxy) is 4. The summed E-state index contributed by atoms with van der Waals surface area (Å²) in [6.07, 6.45) is 5.37. The summed E-state index contributed by atoms with van der Waals surface area (Å²) in [4.78, 5) is 0. The molecule has 0 spiro atoms. The quantitative estimate of drug-likeness (QED) is 0.464. The molecule has 0 aromatic heterocycles. The molecule has 0 bridgehead atoms. The maximum atomic E-state index is 5.67. The van der Waals surface area contributed by atoms with E-state index in [1.165, 1.54) is 0 Å². The number of hydrogen-bond acceptors (Lipinski definition) is 4. The standard InChI is InChI=1S/C21H24O4/c1-3-18-4-6-19(7-5-18)20-8-10-21(11-9-20)25-17-16-24-15-14-23-13-12-22-2/h1,4-11H,12-17H2,2H3. The van der Waals surface area contributed by atoms with Crippen molar-refractivity contribution in [1.29, 1.82) is 0 Å². The van der Waals surface area contributed by atoms with Crippen molar-refractivity contribution in [2.45, 2.75) is 0 Å². The molecule has 132 valence electrons. The van der Waals surface area contributed by atoms with Crippen molar-refractivity contribution in [2.24, 2.45) is 0 Å². The monoisotopic (exact) mass is 340 g/mol. The fourth-order valence-corrected chi connectivity index (χ4v) is 2.19. The van der Waals surface area contributed by atoms with Gasteiger partial charge in [-0.05, 0) is 35.4 Å². The number of methoxy groups -OCH3 is 1. The zero-order valence-electron chi connectivity index (χ0n) is 14.6. The van der Waals surface area contributed by atoms with Crippen molar-refractivity contribution >= 4 is 0 Å². The molecule has 4 heteroatoms. The van der Waals surface area contributed by atoms with E-state index in [1.54, 1.807) is 7.11 Å². The average Bonchev–Trinajstić information content (AvgIpc) is 2.67. The van der Waals surface area contributed by atoms with Gasteiger partial charge in [0.2, 0.25) is 0 Å². The molecule has 0 unspecified atom stereocenters. The van der Waals surface area contributed by atoms with Gasteiger partial charge in [-0.2, -0.15) is 0 Å². The highest BCUT2D eigenvalue weighted by Gasteiger charge is 1.99. The highest BCUT2D eigenvalue weighted by atomic mass is 16.6. The third-order valence-corrected chi connectivity index (χ3v) is 3.54. The number of rotatable bonds is 11. The molecule has 0 radical (unpaired) electrons. The topological polar surface area (TPSA) is 36.9 Å². The lowest BCUT2D eigenvalue weighted by atomic mass is 10.0. The third-order valence-electron chi connectivity index (χ3n) is 3.54. The Morgan fingerprint density at radius 3 is 1.80 bits per heavy atom. The first kappa shape index (κ1) is 19.0. The molecular weight excluding hydrogens is 316 g/mol. The van der Waals surface area contributed by atoms with E-state index in [0.717, 1.165) is 22.4 Å². The second-order valence-corrected chi connectivity index (χ2v) is 5.31. The van der Waals surface area contributed by atoms with Crippen LogP contribution in [-0.2, 0) is 14.2 Å². The Hall–Kier alpha value is -2.32. The van der Waals surface area contributed by atoms with Gasteiger partial charge in [0.05, 0.1) is 33.0 Å². The highest BCUT2D eigenvalue weighted by molar-refractivity contribution is 5.65. The molecule has 25 heavy (non-hydrogen) atoms. The van der Waals surface area contributed by atoms with E-state index in [-0.39, 0.29) is 0 Å². The van der Waals surface area contributed by atoms with Crippen LogP contribution in [0.2, 0.25) is 0 Å². The summed E-state index contributed by atoms with van der Waals surface area (Å²) in [7, 11) is 1.65. The Bertz CT molecular complexity index is 641. The van der Waals surface area contributed by atoms with Crippen molar-refractivity contribution < 1.29 is 18.9 Å². The number of hydrogen-bond donors (Lipinski definition) is 0. The maximum absolute atomic E-state index is 5.67. The van der Waals surface area contributed by atoms with Crippen LogP contribution in [0.3, 0.4) is 0 Å². The van der Waals surface area contributed by atoms with E-state index in [0.29, 0.717) is 39.6 Å². The normalized spacial score (nSPS) is 10.4. The van der Waals surface area contributed by atoms with Crippen LogP contribution in [0.5, 0.6) is 5.75 Å². The molecule has 2 aromatic rings. The molecule has 0 saturated heterocycles. The molecule has 0 saturated carbocycles. The van der Waals surface area contributed by atoms with Crippen LogP contribution in [0.25, 0.3) is 11.1 Å². The predicted molar refractivity (Wildman–Crippen MR) is 98.8 cm³/mol. The third kappa shape index (κ3) is 6.98. The predicted octanol–water partition coefficient (Wildman–Crippen LogP) is 3.39. The molecule has 0 aliphatic carbocycles. The van der Waals surface area contributed by atoms with Crippen molar-refractivity contribution in [3.05, 3.63) is 54.1 Å². The summed E-state index contributed by atoms with van der Waals surface area (Å²) in [6.45, 7) is 3.36. The first-order valence-electron chi connectivity index (χ1n) is 8.28. The Labute approximate surface area is 149 Å². The summed E-state index contributed by atoms with van der Waals surface area (Å²) >= 11 is 0. The van der Waals surface area contributed by atoms with Gasteiger partial charge in [0.15, 0.2) is 0 Å². The van der Waals surface area contributed by atoms with Gasteiger partial charge in [0, 0.05) is 12.7 Å². The van der Waals surface area contributed by atoms with Gasteiger partial charge in [0.1, 0.15) is 12.4 Å². The zero-order chi connectivity index (χ0) is 17.7. The van der Waals surface area contributed by atoms with Crippen LogP contribution in [0.15, 0.2) is 48.5 Å². The average molecular weight is 340 g/mol. The van der Waals surface area contributed by atoms with Crippen LogP contribution < -0.4 is 4.74 Å². The van der Waals surface area contributed by atoms with E-state index in [9.17, 15) is 0 Å². The summed E-state index contributed by atoms with van der Waals surface area (Å²) in [6, 6.07) is 15.9. The molecule has 2 rings (SSSR count). The number of terminal acetylenes is 1. The van der Waals surface area contributed by atoms with Crippen molar-refractivity contribution in [3.63, 3.8) is 0 Å². The van der Waals surface area contributed by atoms with Crippen LogP contribution in [0, 0.1) is 12.3 Å². The molecule has 0 aliphatic rings. The zero-order valence-corrected chi connectivity index (χ0v) is 14.6. The van der Waals surface area contributed by atoms with E-state index in [1.807, 2.05) is 48.5 Å². The fourth-order valence-electron chi connectivity index (χ4n) is 2.19. The minimum atomic E-state index is 0.508. The van der Waals surface area contributed by atoms with Gasteiger partial charge >= 0.3 is 0 Å². The number of benzene rings is 2. The summed E-state index contributed by atoms with van der Waals surface area (Å²) < 4.78 is 21.3. The second-order valence-electron chi connectivity index (χ2n) is 5.31. The molecule has 4 nitrogen and oxygen atoms in total. The van der Waals surface area contributed by atoms with E-state index in [2.05, 4.69) is 5.92 Å². The van der Waals surface area contributed by atoms with E-state index < -0.39 is 0 Å². The van der Waals surface area contributed by atoms with Gasteiger partial charge in [0.25, 0.3) is 0 Å². The lowest BCUT2D eigenvalue weighted by Crippen LogP contribution is -2.12. The Kier molecular flexibility index (Phi) is 8.57. The molecule has 0 aliphatic heterocycles. The van der Waals surface area contributed by atoms with Crippen LogP contribution in [-0.4, -0.2) is 46.8 Å². The first-order valence-corrected chi connectivity index (χ1v) is 8.28. The van der Waals surface area contributed by atoms with Gasteiger partial charge in [-0.25, -0.2) is 0 Å². The Morgan fingerprint density at radius 2 is 1.24 bits per heavy atom. The minimum Gasteiger partial charge on any atom is -0.491 e. The van der Waals surface area contributed by atoms with Crippen LogP contribution in [0.1, 0.15) is 5.56 Å². The van der Waals surface area contributed by atoms with Crippen LogP contribution >= 0.6 is 0 Å². The van der Waals surface area contributed by atoms with E-state index in [4.69, 9.17) is 25.4 Å². The highest BCUT2D eigenvalue weighted by Crippen LogP contribution is 2.22. The molecule has 0 N–H and O–H groups in total. The van der Waals surface area contributed by atoms with Gasteiger partial charge in [-0.15, -0.1) is 6.42 Å². The molecule has 0 fully saturated rings. The minimum absolute atomic E-state index is 0.508. The largest absolute Gasteiger partial charge is 0.491 e. The Morgan fingerprint density at radius 1 is 0.720 bits per heavy atom. The van der Waals surface area contributed by atoms with Crippen molar-refractivity contribution in [3.8, 4) is 29.2 Å². The van der Waals surface area contributed by atoms with E-state index >= 15 is 0 Å². The molecular formula is C21H24O4. The summed E-state index contributed by atoms with van der Waals surface area (Å²) in [5.41, 5.74) is 3.13. The van der Waals surface area contributed by atoms with Gasteiger partial charge < -0.3 is 18.9 Å². The Balaban J connectivity index is 1.66. The summed E-state index contributed by atoms with van der Waals surface area (Å²) in [5.74, 6) is 3.44.